The highest BCUT2D eigenvalue weighted by molar-refractivity contribution is 5.89. The van der Waals surface area contributed by atoms with E-state index >= 15 is 0 Å². The van der Waals surface area contributed by atoms with Crippen LogP contribution >= 0.6 is 0 Å². The summed E-state index contributed by atoms with van der Waals surface area (Å²) in [5, 5.41) is 5.11. The fourth-order valence-corrected chi connectivity index (χ4v) is 4.33. The molecule has 0 radical (unpaired) electrons. The molecule has 6 heteroatoms. The zero-order chi connectivity index (χ0) is 21.2. The second-order valence-electron chi connectivity index (χ2n) is 8.13. The van der Waals surface area contributed by atoms with Crippen molar-refractivity contribution in [3.05, 3.63) is 78.2 Å². The normalized spacial score (nSPS) is 14.9. The molecule has 1 saturated heterocycles. The Morgan fingerprint density at radius 2 is 1.71 bits per heavy atom. The van der Waals surface area contributed by atoms with Crippen LogP contribution in [0.15, 0.2) is 71.3 Å². The molecule has 0 atom stereocenters. The van der Waals surface area contributed by atoms with Gasteiger partial charge in [0.2, 0.25) is 5.91 Å². The quantitative estimate of drug-likeness (QED) is 0.496. The second kappa shape index (κ2) is 8.40. The average Bonchev–Trinajstić information content (AvgIpc) is 3.38. The van der Waals surface area contributed by atoms with Gasteiger partial charge in [-0.3, -0.25) is 9.69 Å². The summed E-state index contributed by atoms with van der Waals surface area (Å²) < 4.78 is 7.48. The summed E-state index contributed by atoms with van der Waals surface area (Å²) >= 11 is 0. The van der Waals surface area contributed by atoms with Crippen molar-refractivity contribution in [3.63, 3.8) is 0 Å². The minimum atomic E-state index is 0.161. The van der Waals surface area contributed by atoms with Crippen molar-refractivity contribution < 1.29 is 9.32 Å². The SMILES string of the molecule is Cc1cc(CN2CCN(C(=O)Cn3c(-c4ccccc4)cc4ccccc43)CC2)on1. The Labute approximate surface area is 181 Å². The first-order chi connectivity index (χ1) is 15.2. The molecule has 2 aromatic heterocycles. The van der Waals surface area contributed by atoms with Crippen molar-refractivity contribution >= 4 is 16.8 Å². The lowest BCUT2D eigenvalue weighted by atomic mass is 10.1. The van der Waals surface area contributed by atoms with Gasteiger partial charge < -0.3 is 14.0 Å². The Morgan fingerprint density at radius 3 is 2.45 bits per heavy atom. The monoisotopic (exact) mass is 414 g/mol. The number of benzene rings is 2. The van der Waals surface area contributed by atoms with Gasteiger partial charge in [-0.05, 0) is 24.6 Å². The lowest BCUT2D eigenvalue weighted by molar-refractivity contribution is -0.133. The van der Waals surface area contributed by atoms with Crippen LogP contribution in [0.5, 0.6) is 0 Å². The fraction of sp³-hybridized carbons (Fsp3) is 0.280. The average molecular weight is 415 g/mol. The minimum absolute atomic E-state index is 0.161. The van der Waals surface area contributed by atoms with E-state index in [1.807, 2.05) is 48.2 Å². The topological polar surface area (TPSA) is 54.5 Å². The van der Waals surface area contributed by atoms with E-state index in [-0.39, 0.29) is 5.91 Å². The first-order valence-corrected chi connectivity index (χ1v) is 10.7. The summed E-state index contributed by atoms with van der Waals surface area (Å²) in [6.07, 6.45) is 0. The number of fused-ring (bicyclic) bond motifs is 1. The number of rotatable bonds is 5. The molecule has 5 rings (SSSR count). The molecule has 0 aliphatic carbocycles. The molecule has 1 fully saturated rings. The van der Waals surface area contributed by atoms with E-state index in [0.29, 0.717) is 6.54 Å². The third kappa shape index (κ3) is 4.11. The Kier molecular flexibility index (Phi) is 5.30. The van der Waals surface area contributed by atoms with Gasteiger partial charge in [-0.2, -0.15) is 0 Å². The van der Waals surface area contributed by atoms with Crippen molar-refractivity contribution in [1.29, 1.82) is 0 Å². The van der Waals surface area contributed by atoms with Gasteiger partial charge in [0.25, 0.3) is 0 Å². The zero-order valence-electron chi connectivity index (χ0n) is 17.7. The zero-order valence-corrected chi connectivity index (χ0v) is 17.7. The highest BCUT2D eigenvalue weighted by Gasteiger charge is 2.23. The van der Waals surface area contributed by atoms with E-state index in [4.69, 9.17) is 4.52 Å². The van der Waals surface area contributed by atoms with E-state index in [9.17, 15) is 4.79 Å². The van der Waals surface area contributed by atoms with Gasteiger partial charge in [0.15, 0.2) is 5.76 Å². The number of amides is 1. The van der Waals surface area contributed by atoms with Crippen LogP contribution in [0, 0.1) is 6.92 Å². The van der Waals surface area contributed by atoms with E-state index in [2.05, 4.69) is 45.0 Å². The second-order valence-corrected chi connectivity index (χ2v) is 8.13. The molecule has 158 valence electrons. The summed E-state index contributed by atoms with van der Waals surface area (Å²) in [7, 11) is 0. The van der Waals surface area contributed by atoms with E-state index in [0.717, 1.165) is 66.3 Å². The molecule has 1 amide bonds. The van der Waals surface area contributed by atoms with Crippen molar-refractivity contribution in [2.45, 2.75) is 20.0 Å². The molecule has 0 saturated carbocycles. The predicted octanol–water partition coefficient (Wildman–Crippen LogP) is 3.95. The Hall–Kier alpha value is -3.38. The Morgan fingerprint density at radius 1 is 0.968 bits per heavy atom. The van der Waals surface area contributed by atoms with Crippen LogP contribution in [0.2, 0.25) is 0 Å². The summed E-state index contributed by atoms with van der Waals surface area (Å²) in [5.74, 6) is 1.04. The maximum Gasteiger partial charge on any atom is 0.242 e. The van der Waals surface area contributed by atoms with Crippen molar-refractivity contribution in [2.75, 3.05) is 26.2 Å². The number of aromatic nitrogens is 2. The molecular formula is C25H26N4O2. The van der Waals surface area contributed by atoms with Crippen LogP contribution in [0.3, 0.4) is 0 Å². The molecule has 2 aromatic carbocycles. The van der Waals surface area contributed by atoms with Gasteiger partial charge in [0, 0.05) is 48.8 Å². The predicted molar refractivity (Wildman–Crippen MR) is 120 cm³/mol. The van der Waals surface area contributed by atoms with Crippen LogP contribution in [-0.2, 0) is 17.9 Å². The van der Waals surface area contributed by atoms with Crippen LogP contribution in [0.1, 0.15) is 11.5 Å². The van der Waals surface area contributed by atoms with Crippen molar-refractivity contribution in [1.82, 2.24) is 19.5 Å². The molecule has 0 bridgehead atoms. The number of piperazine rings is 1. The van der Waals surface area contributed by atoms with Crippen molar-refractivity contribution in [2.24, 2.45) is 0 Å². The number of aryl methyl sites for hydroxylation is 1. The lowest BCUT2D eigenvalue weighted by Gasteiger charge is -2.34. The van der Waals surface area contributed by atoms with Gasteiger partial charge in [0.1, 0.15) is 6.54 Å². The number of hydrogen-bond donors (Lipinski definition) is 0. The first kappa shape index (κ1) is 19.6. The van der Waals surface area contributed by atoms with E-state index in [1.54, 1.807) is 0 Å². The molecule has 0 unspecified atom stereocenters. The van der Waals surface area contributed by atoms with Gasteiger partial charge in [-0.1, -0.05) is 53.7 Å². The van der Waals surface area contributed by atoms with Gasteiger partial charge in [0.05, 0.1) is 12.2 Å². The molecule has 31 heavy (non-hydrogen) atoms. The van der Waals surface area contributed by atoms with E-state index in [1.165, 1.54) is 0 Å². The van der Waals surface area contributed by atoms with Crippen LogP contribution in [0.4, 0.5) is 0 Å². The minimum Gasteiger partial charge on any atom is -0.360 e. The van der Waals surface area contributed by atoms with E-state index < -0.39 is 0 Å². The maximum atomic E-state index is 13.2. The highest BCUT2D eigenvalue weighted by Crippen LogP contribution is 2.28. The van der Waals surface area contributed by atoms with Crippen LogP contribution in [-0.4, -0.2) is 51.6 Å². The molecule has 4 aromatic rings. The Balaban J connectivity index is 1.31. The summed E-state index contributed by atoms with van der Waals surface area (Å²) in [6.45, 7) is 6.14. The molecule has 1 aliphatic rings. The van der Waals surface area contributed by atoms with Crippen LogP contribution in [0.25, 0.3) is 22.2 Å². The molecule has 0 spiro atoms. The number of para-hydroxylation sites is 1. The van der Waals surface area contributed by atoms with Gasteiger partial charge >= 0.3 is 0 Å². The van der Waals surface area contributed by atoms with Gasteiger partial charge in [-0.25, -0.2) is 0 Å². The summed E-state index contributed by atoms with van der Waals surface area (Å²) in [5.41, 5.74) is 4.19. The fourth-order valence-electron chi connectivity index (χ4n) is 4.33. The first-order valence-electron chi connectivity index (χ1n) is 10.7. The third-order valence-electron chi connectivity index (χ3n) is 5.95. The number of nitrogens with zero attached hydrogens (tertiary/aromatic N) is 4. The molecular weight excluding hydrogens is 388 g/mol. The highest BCUT2D eigenvalue weighted by atomic mass is 16.5. The molecule has 0 N–H and O–H groups in total. The molecule has 3 heterocycles. The Bertz CT molecular complexity index is 1190. The number of carbonyl (C=O) groups excluding carboxylic acids is 1. The largest absolute Gasteiger partial charge is 0.360 e. The maximum absolute atomic E-state index is 13.2. The lowest BCUT2D eigenvalue weighted by Crippen LogP contribution is -2.49. The number of hydrogen-bond acceptors (Lipinski definition) is 4. The van der Waals surface area contributed by atoms with Crippen LogP contribution < -0.4 is 0 Å². The molecule has 6 nitrogen and oxygen atoms in total. The standard InChI is InChI=1S/C25H26N4O2/c1-19-15-22(31-26-19)17-27-11-13-28(14-12-27)25(30)18-29-23-10-6-5-9-21(23)16-24(29)20-7-3-2-4-8-20/h2-10,15-16H,11-14,17-18H2,1H3. The number of carbonyl (C=O) groups is 1. The van der Waals surface area contributed by atoms with Crippen molar-refractivity contribution in [3.8, 4) is 11.3 Å². The van der Waals surface area contributed by atoms with Gasteiger partial charge in [-0.15, -0.1) is 0 Å². The summed E-state index contributed by atoms with van der Waals surface area (Å²) in [6, 6.07) is 22.7. The summed E-state index contributed by atoms with van der Waals surface area (Å²) in [4.78, 5) is 17.5. The third-order valence-corrected chi connectivity index (χ3v) is 5.95. The smallest absolute Gasteiger partial charge is 0.242 e. The molecule has 1 aliphatic heterocycles.